The number of rotatable bonds is 2. The molecule has 0 aliphatic rings. The molecule has 0 amide bonds. The molecule has 0 aliphatic heterocycles. The highest BCUT2D eigenvalue weighted by molar-refractivity contribution is 6.33. The lowest BCUT2D eigenvalue weighted by molar-refractivity contribution is 1.28. The van der Waals surface area contributed by atoms with E-state index in [2.05, 4.69) is 4.98 Å². The molecule has 1 aromatic heterocycles. The number of nitrogens with one attached hydrogen (secondary N) is 1. The maximum absolute atomic E-state index is 7.02. The number of nitrogens with zero attached hydrogens (tertiary/aromatic N) is 1. The highest BCUT2D eigenvalue weighted by atomic mass is 35.5. The molecule has 0 atom stereocenters. The summed E-state index contributed by atoms with van der Waals surface area (Å²) in [5.41, 5.74) is 6.33. The summed E-state index contributed by atoms with van der Waals surface area (Å²) in [5.74, 6) is 0. The Morgan fingerprint density at radius 2 is 2.42 bits per heavy atom. The topological polar surface area (TPSA) is 62.8 Å². The summed E-state index contributed by atoms with van der Waals surface area (Å²) in [7, 11) is 0. The number of nitrogens with two attached hydrogens (primary N) is 1. The van der Waals surface area contributed by atoms with Gasteiger partial charge in [0.05, 0.1) is 10.7 Å². The Hall–Kier alpha value is -1.35. The molecule has 4 heteroatoms. The van der Waals surface area contributed by atoms with Gasteiger partial charge in [0.25, 0.3) is 0 Å². The minimum Gasteiger partial charge on any atom is -0.404 e. The van der Waals surface area contributed by atoms with Gasteiger partial charge in [-0.05, 0) is 12.1 Å². The lowest BCUT2D eigenvalue weighted by atomic mass is 10.2. The summed E-state index contributed by atoms with van der Waals surface area (Å²) in [6.45, 7) is 0. The highest BCUT2D eigenvalue weighted by Crippen LogP contribution is 2.18. The Bertz CT molecular complexity index is 320. The molecule has 0 unspecified atom stereocenters. The van der Waals surface area contributed by atoms with Crippen LogP contribution in [-0.2, 0) is 0 Å². The van der Waals surface area contributed by atoms with E-state index in [-0.39, 0.29) is 0 Å². The van der Waals surface area contributed by atoms with E-state index in [9.17, 15) is 0 Å². The Morgan fingerprint density at radius 3 is 2.92 bits per heavy atom. The average Bonchev–Trinajstić information content (AvgIpc) is 2.10. The molecule has 62 valence electrons. The fourth-order valence-electron chi connectivity index (χ4n) is 0.794. The largest absolute Gasteiger partial charge is 0.404 e. The molecule has 0 spiro atoms. The van der Waals surface area contributed by atoms with Crippen LogP contribution in [0.2, 0.25) is 5.02 Å². The molecule has 1 aromatic rings. The van der Waals surface area contributed by atoms with Crippen LogP contribution < -0.4 is 5.73 Å². The monoisotopic (exact) mass is 181 g/mol. The molecular formula is C8H8ClN3. The van der Waals surface area contributed by atoms with Crippen LogP contribution in [0.4, 0.5) is 0 Å². The second-order valence-corrected chi connectivity index (χ2v) is 2.51. The minimum atomic E-state index is 0.498. The number of aromatic nitrogens is 1. The zero-order valence-electron chi connectivity index (χ0n) is 6.29. The second kappa shape index (κ2) is 3.88. The Kier molecular flexibility index (Phi) is 2.82. The first-order chi connectivity index (χ1) is 5.79. The smallest absolute Gasteiger partial charge is 0.0917 e. The van der Waals surface area contributed by atoms with Crippen molar-refractivity contribution >= 4 is 23.4 Å². The number of halogens is 1. The van der Waals surface area contributed by atoms with Crippen molar-refractivity contribution in [2.45, 2.75) is 0 Å². The molecule has 12 heavy (non-hydrogen) atoms. The van der Waals surface area contributed by atoms with Crippen molar-refractivity contribution in [3.05, 3.63) is 35.2 Å². The number of allylic oxidation sites excluding steroid dienone is 1. The predicted molar refractivity (Wildman–Crippen MR) is 50.2 cm³/mol. The molecular weight excluding hydrogens is 174 g/mol. The first kappa shape index (κ1) is 8.74. The summed E-state index contributed by atoms with van der Waals surface area (Å²) in [6, 6.07) is 3.43. The summed E-state index contributed by atoms with van der Waals surface area (Å²) < 4.78 is 0. The molecule has 0 fully saturated rings. The van der Waals surface area contributed by atoms with Crippen LogP contribution in [0.25, 0.3) is 5.57 Å². The van der Waals surface area contributed by atoms with Gasteiger partial charge in [-0.15, -0.1) is 0 Å². The molecule has 3 nitrogen and oxygen atoms in total. The van der Waals surface area contributed by atoms with Gasteiger partial charge in [0.15, 0.2) is 0 Å². The third-order valence-electron chi connectivity index (χ3n) is 1.37. The van der Waals surface area contributed by atoms with Crippen LogP contribution in [0.15, 0.2) is 24.5 Å². The SMILES string of the molecule is N=C/C(=C\N)c1ncccc1Cl. The van der Waals surface area contributed by atoms with E-state index < -0.39 is 0 Å². The number of hydrogen-bond acceptors (Lipinski definition) is 3. The Morgan fingerprint density at radius 1 is 1.67 bits per heavy atom. The van der Waals surface area contributed by atoms with Crippen molar-refractivity contribution in [2.75, 3.05) is 0 Å². The van der Waals surface area contributed by atoms with Gasteiger partial charge in [0.1, 0.15) is 0 Å². The lowest BCUT2D eigenvalue weighted by Crippen LogP contribution is -1.94. The summed E-state index contributed by atoms with van der Waals surface area (Å²) in [4.78, 5) is 3.99. The fourth-order valence-corrected chi connectivity index (χ4v) is 1.02. The number of hydrogen-bond donors (Lipinski definition) is 2. The molecule has 1 heterocycles. The standard InChI is InChI=1S/C8H8ClN3/c9-7-2-1-3-12-8(7)6(4-10)5-11/h1-5,10H,11H2/b6-5+,10-4?. The van der Waals surface area contributed by atoms with Gasteiger partial charge in [-0.25, -0.2) is 0 Å². The van der Waals surface area contributed by atoms with Gasteiger partial charge < -0.3 is 11.1 Å². The van der Waals surface area contributed by atoms with Crippen LogP contribution in [0.5, 0.6) is 0 Å². The van der Waals surface area contributed by atoms with Gasteiger partial charge in [-0.3, -0.25) is 4.98 Å². The summed E-state index contributed by atoms with van der Waals surface area (Å²) >= 11 is 5.81. The van der Waals surface area contributed by atoms with Gasteiger partial charge in [-0.1, -0.05) is 11.6 Å². The first-order valence-electron chi connectivity index (χ1n) is 3.33. The summed E-state index contributed by atoms with van der Waals surface area (Å²) in [6.07, 6.45) is 4.03. The van der Waals surface area contributed by atoms with E-state index >= 15 is 0 Å². The van der Waals surface area contributed by atoms with Gasteiger partial charge in [0, 0.05) is 24.2 Å². The van der Waals surface area contributed by atoms with Gasteiger partial charge >= 0.3 is 0 Å². The van der Waals surface area contributed by atoms with E-state index in [0.717, 1.165) is 6.21 Å². The van der Waals surface area contributed by atoms with Crippen molar-refractivity contribution in [2.24, 2.45) is 5.73 Å². The molecule has 0 bridgehead atoms. The lowest BCUT2D eigenvalue weighted by Gasteiger charge is -2.00. The van der Waals surface area contributed by atoms with Gasteiger partial charge in [-0.2, -0.15) is 0 Å². The molecule has 0 aliphatic carbocycles. The van der Waals surface area contributed by atoms with E-state index in [1.54, 1.807) is 18.3 Å². The maximum Gasteiger partial charge on any atom is 0.0917 e. The first-order valence-corrected chi connectivity index (χ1v) is 3.70. The van der Waals surface area contributed by atoms with Crippen molar-refractivity contribution in [1.82, 2.24) is 4.98 Å². The third-order valence-corrected chi connectivity index (χ3v) is 1.67. The van der Waals surface area contributed by atoms with Crippen LogP contribution in [-0.4, -0.2) is 11.2 Å². The molecule has 0 saturated carbocycles. The molecule has 1 rings (SSSR count). The zero-order valence-corrected chi connectivity index (χ0v) is 7.05. The van der Waals surface area contributed by atoms with E-state index in [1.165, 1.54) is 6.20 Å². The normalized spacial score (nSPS) is 11.2. The minimum absolute atomic E-state index is 0.498. The quantitative estimate of drug-likeness (QED) is 0.682. The molecule has 3 N–H and O–H groups in total. The van der Waals surface area contributed by atoms with Crippen molar-refractivity contribution < 1.29 is 0 Å². The van der Waals surface area contributed by atoms with Crippen molar-refractivity contribution in [3.63, 3.8) is 0 Å². The van der Waals surface area contributed by atoms with Crippen molar-refractivity contribution in [1.29, 1.82) is 5.41 Å². The Labute approximate surface area is 75.4 Å². The maximum atomic E-state index is 7.02. The van der Waals surface area contributed by atoms with Crippen LogP contribution in [0, 0.1) is 5.41 Å². The van der Waals surface area contributed by atoms with Gasteiger partial charge in [0.2, 0.25) is 0 Å². The molecule has 0 radical (unpaired) electrons. The zero-order chi connectivity index (χ0) is 8.97. The van der Waals surface area contributed by atoms with E-state index in [0.29, 0.717) is 16.3 Å². The fraction of sp³-hybridized carbons (Fsp3) is 0. The van der Waals surface area contributed by atoms with E-state index in [1.807, 2.05) is 0 Å². The summed E-state index contributed by atoms with van der Waals surface area (Å²) in [5, 5.41) is 7.52. The Balaban J connectivity index is 3.18. The van der Waals surface area contributed by atoms with Crippen LogP contribution in [0.3, 0.4) is 0 Å². The van der Waals surface area contributed by atoms with Crippen molar-refractivity contribution in [3.8, 4) is 0 Å². The number of pyridine rings is 1. The van der Waals surface area contributed by atoms with Crippen LogP contribution >= 0.6 is 11.6 Å². The highest BCUT2D eigenvalue weighted by Gasteiger charge is 2.03. The predicted octanol–water partition coefficient (Wildman–Crippen LogP) is 1.68. The van der Waals surface area contributed by atoms with Crippen LogP contribution in [0.1, 0.15) is 5.69 Å². The average molecular weight is 182 g/mol. The second-order valence-electron chi connectivity index (χ2n) is 2.10. The third kappa shape index (κ3) is 1.62. The molecule has 0 saturated heterocycles. The van der Waals surface area contributed by atoms with E-state index in [4.69, 9.17) is 22.7 Å². The molecule has 0 aromatic carbocycles.